The molecule has 1 aromatic rings. The minimum atomic E-state index is -1.63. The molecule has 0 aromatic carbocycles. The predicted octanol–water partition coefficient (Wildman–Crippen LogP) is 4.16. The Morgan fingerprint density at radius 3 is 3.06 bits per heavy atom. The molecule has 0 aliphatic carbocycles. The van der Waals surface area contributed by atoms with Gasteiger partial charge in [-0.25, -0.2) is 4.98 Å². The van der Waals surface area contributed by atoms with Crippen molar-refractivity contribution in [2.75, 3.05) is 5.75 Å². The normalized spacial score (nSPS) is 11.2. The van der Waals surface area contributed by atoms with Crippen molar-refractivity contribution in [2.24, 2.45) is 5.16 Å². The Morgan fingerprint density at radius 1 is 1.61 bits per heavy atom. The zero-order chi connectivity index (χ0) is 13.4. The highest BCUT2D eigenvalue weighted by Gasteiger charge is 2.01. The van der Waals surface area contributed by atoms with Crippen molar-refractivity contribution >= 4 is 29.3 Å². The fourth-order valence-corrected chi connectivity index (χ4v) is 2.73. The molecular formula is C11H14F2N2OS2. The summed E-state index contributed by atoms with van der Waals surface area (Å²) < 4.78 is 24.4. The average Bonchev–Trinajstić information content (AvgIpc) is 2.72. The molecule has 0 spiro atoms. The highest BCUT2D eigenvalue weighted by atomic mass is 32.2. The van der Waals surface area contributed by atoms with Crippen molar-refractivity contribution in [3.8, 4) is 0 Å². The van der Waals surface area contributed by atoms with Crippen LogP contribution in [0.2, 0.25) is 0 Å². The van der Waals surface area contributed by atoms with Crippen molar-refractivity contribution in [3.63, 3.8) is 0 Å². The number of rotatable bonds is 7. The summed E-state index contributed by atoms with van der Waals surface area (Å²) >= 11 is 2.91. The number of aromatic nitrogens is 1. The summed E-state index contributed by atoms with van der Waals surface area (Å²) in [5, 5.41) is 3.80. The van der Waals surface area contributed by atoms with Crippen LogP contribution < -0.4 is 0 Å². The SMILES string of the molecule is CC(C)O/N=C/c1cnc(SCCC=C(F)F)s1. The van der Waals surface area contributed by atoms with Gasteiger partial charge in [-0.2, -0.15) is 8.78 Å². The number of halogens is 2. The standard InChI is InChI=1S/C11H14F2N2OS2/c1-8(2)16-15-7-9-6-14-11(18-9)17-5-3-4-10(12)13/h4,6-8H,3,5H2,1-2H3/b15-7+. The van der Waals surface area contributed by atoms with Crippen molar-refractivity contribution in [2.45, 2.75) is 30.7 Å². The molecule has 0 fully saturated rings. The molecule has 0 saturated heterocycles. The van der Waals surface area contributed by atoms with E-state index in [1.165, 1.54) is 23.1 Å². The Hall–Kier alpha value is -0.950. The number of nitrogens with zero attached hydrogens (tertiary/aromatic N) is 2. The van der Waals surface area contributed by atoms with Gasteiger partial charge in [-0.15, -0.1) is 11.3 Å². The monoisotopic (exact) mass is 292 g/mol. The van der Waals surface area contributed by atoms with Crippen molar-refractivity contribution < 1.29 is 13.6 Å². The number of hydrogen-bond acceptors (Lipinski definition) is 5. The van der Waals surface area contributed by atoms with Crippen molar-refractivity contribution in [3.05, 3.63) is 23.2 Å². The molecule has 0 atom stereocenters. The molecule has 18 heavy (non-hydrogen) atoms. The van der Waals surface area contributed by atoms with Gasteiger partial charge in [0.1, 0.15) is 10.4 Å². The lowest BCUT2D eigenvalue weighted by atomic mass is 10.5. The molecule has 0 aliphatic rings. The van der Waals surface area contributed by atoms with Gasteiger partial charge in [0.15, 0.2) is 0 Å². The summed E-state index contributed by atoms with van der Waals surface area (Å²) in [6.07, 6.45) is 2.96. The van der Waals surface area contributed by atoms with Gasteiger partial charge in [-0.3, -0.25) is 0 Å². The fraction of sp³-hybridized carbons (Fsp3) is 0.455. The first kappa shape index (κ1) is 15.1. The Morgan fingerprint density at radius 2 is 2.39 bits per heavy atom. The van der Waals surface area contributed by atoms with Gasteiger partial charge < -0.3 is 4.84 Å². The molecule has 1 rings (SSSR count). The first-order valence-corrected chi connectivity index (χ1v) is 7.17. The van der Waals surface area contributed by atoms with E-state index in [1.54, 1.807) is 12.4 Å². The lowest BCUT2D eigenvalue weighted by molar-refractivity contribution is 0.0874. The summed E-state index contributed by atoms with van der Waals surface area (Å²) in [6.45, 7) is 3.78. The van der Waals surface area contributed by atoms with Crippen LogP contribution in [0.1, 0.15) is 25.1 Å². The molecule has 0 N–H and O–H groups in total. The van der Waals surface area contributed by atoms with Crippen LogP contribution in [-0.2, 0) is 4.84 Å². The summed E-state index contributed by atoms with van der Waals surface area (Å²) in [5.74, 6) is 0.587. The maximum atomic E-state index is 11.8. The molecule has 3 nitrogen and oxygen atoms in total. The molecule has 7 heteroatoms. The van der Waals surface area contributed by atoms with Crippen LogP contribution in [-0.4, -0.2) is 23.1 Å². The molecule has 100 valence electrons. The minimum absolute atomic E-state index is 0.0467. The Labute approximate surface area is 113 Å². The average molecular weight is 292 g/mol. The van der Waals surface area contributed by atoms with E-state index in [0.717, 1.165) is 15.3 Å². The quantitative estimate of drug-likeness (QED) is 0.327. The van der Waals surface area contributed by atoms with Gasteiger partial charge in [0.2, 0.25) is 0 Å². The Kier molecular flexibility index (Phi) is 6.89. The lowest BCUT2D eigenvalue weighted by Crippen LogP contribution is -1.95. The molecular weight excluding hydrogens is 278 g/mol. The van der Waals surface area contributed by atoms with E-state index in [-0.39, 0.29) is 6.10 Å². The number of thioether (sulfide) groups is 1. The molecule has 0 radical (unpaired) electrons. The molecule has 0 saturated carbocycles. The minimum Gasteiger partial charge on any atom is -0.393 e. The molecule has 1 heterocycles. The van der Waals surface area contributed by atoms with Crippen LogP contribution in [0.15, 0.2) is 27.8 Å². The van der Waals surface area contributed by atoms with E-state index in [9.17, 15) is 8.78 Å². The maximum Gasteiger partial charge on any atom is 0.266 e. The number of hydrogen-bond donors (Lipinski definition) is 0. The number of allylic oxidation sites excluding steroid dienone is 1. The van der Waals surface area contributed by atoms with Gasteiger partial charge in [0.05, 0.1) is 11.1 Å². The summed E-state index contributed by atoms with van der Waals surface area (Å²) in [4.78, 5) is 10.1. The first-order valence-electron chi connectivity index (χ1n) is 5.37. The van der Waals surface area contributed by atoms with Gasteiger partial charge in [-0.1, -0.05) is 16.9 Å². The largest absolute Gasteiger partial charge is 0.393 e. The van der Waals surface area contributed by atoms with E-state index in [2.05, 4.69) is 10.1 Å². The predicted molar refractivity (Wildman–Crippen MR) is 71.6 cm³/mol. The maximum absolute atomic E-state index is 11.8. The zero-order valence-corrected chi connectivity index (χ0v) is 11.7. The van der Waals surface area contributed by atoms with Crippen molar-refractivity contribution in [1.29, 1.82) is 0 Å². The van der Waals surface area contributed by atoms with Crippen LogP contribution in [0.4, 0.5) is 8.78 Å². The summed E-state index contributed by atoms with van der Waals surface area (Å²) in [6, 6.07) is 0. The molecule has 0 unspecified atom stereocenters. The second-order valence-electron chi connectivity index (χ2n) is 3.55. The van der Waals surface area contributed by atoms with Crippen LogP contribution in [0, 0.1) is 0 Å². The fourth-order valence-electron chi connectivity index (χ4n) is 0.915. The first-order chi connectivity index (χ1) is 8.58. The summed E-state index contributed by atoms with van der Waals surface area (Å²) in [7, 11) is 0. The third-order valence-corrected chi connectivity index (χ3v) is 3.72. The lowest BCUT2D eigenvalue weighted by Gasteiger charge is -1.98. The molecule has 0 amide bonds. The number of oxime groups is 1. The van der Waals surface area contributed by atoms with E-state index in [1.807, 2.05) is 13.8 Å². The van der Waals surface area contributed by atoms with Crippen LogP contribution in [0.25, 0.3) is 0 Å². The zero-order valence-electron chi connectivity index (χ0n) is 10.1. The third kappa shape index (κ3) is 6.70. The van der Waals surface area contributed by atoms with Crippen LogP contribution >= 0.6 is 23.1 Å². The van der Waals surface area contributed by atoms with Crippen LogP contribution in [0.3, 0.4) is 0 Å². The molecule has 0 aliphatic heterocycles. The van der Waals surface area contributed by atoms with Gasteiger partial charge in [-0.05, 0) is 26.3 Å². The highest BCUT2D eigenvalue weighted by Crippen LogP contribution is 2.24. The van der Waals surface area contributed by atoms with Gasteiger partial charge in [0, 0.05) is 11.9 Å². The Balaban J connectivity index is 2.34. The van der Waals surface area contributed by atoms with Gasteiger partial charge >= 0.3 is 0 Å². The Bertz CT molecular complexity index is 415. The van der Waals surface area contributed by atoms with E-state index < -0.39 is 6.08 Å². The summed E-state index contributed by atoms with van der Waals surface area (Å²) in [5.41, 5.74) is 0. The number of thiazole rings is 1. The second kappa shape index (κ2) is 8.20. The highest BCUT2D eigenvalue weighted by molar-refractivity contribution is 8.01. The van der Waals surface area contributed by atoms with Gasteiger partial charge in [0.25, 0.3) is 6.08 Å². The van der Waals surface area contributed by atoms with E-state index in [0.29, 0.717) is 12.2 Å². The molecule has 0 bridgehead atoms. The molecule has 1 aromatic heterocycles. The van der Waals surface area contributed by atoms with E-state index >= 15 is 0 Å². The van der Waals surface area contributed by atoms with Crippen molar-refractivity contribution in [1.82, 2.24) is 4.98 Å². The van der Waals surface area contributed by atoms with Crippen LogP contribution in [0.5, 0.6) is 0 Å². The van der Waals surface area contributed by atoms with E-state index in [4.69, 9.17) is 4.84 Å². The third-order valence-electron chi connectivity index (χ3n) is 1.60. The second-order valence-corrected chi connectivity index (χ2v) is 5.95. The topological polar surface area (TPSA) is 34.5 Å². The smallest absolute Gasteiger partial charge is 0.266 e.